The molecule has 0 aromatic heterocycles. The Morgan fingerprint density at radius 3 is 2.62 bits per heavy atom. The monoisotopic (exact) mass is 328 g/mol. The average Bonchev–Trinajstić information content (AvgIpc) is 3.02. The molecule has 0 spiro atoms. The van der Waals surface area contributed by atoms with Crippen molar-refractivity contribution >= 4 is 27.5 Å². The number of primary sulfonamides is 1. The Morgan fingerprint density at radius 2 is 2.10 bits per heavy atom. The molecule has 2 bridgehead atoms. The van der Waals surface area contributed by atoms with Gasteiger partial charge in [0.15, 0.2) is 0 Å². The molecule has 1 heterocycles. The number of carbonyl (C=O) groups excluding carboxylic acids is 1. The van der Waals surface area contributed by atoms with Gasteiger partial charge in [0.1, 0.15) is 0 Å². The molecular formula is C14H17ClN2O3S. The van der Waals surface area contributed by atoms with Crippen LogP contribution in [0.4, 0.5) is 0 Å². The maximum Gasteiger partial charge on any atom is 0.254 e. The molecular weight excluding hydrogens is 312 g/mol. The number of halogens is 1. The Balaban J connectivity index is 2.01. The zero-order chi connectivity index (χ0) is 15.4. The zero-order valence-corrected chi connectivity index (χ0v) is 13.2. The van der Waals surface area contributed by atoms with Crippen LogP contribution >= 0.6 is 11.6 Å². The molecule has 114 valence electrons. The fraction of sp³-hybridized carbons (Fsp3) is 0.500. The highest BCUT2D eigenvalue weighted by Crippen LogP contribution is 2.38. The lowest BCUT2D eigenvalue weighted by Crippen LogP contribution is -2.38. The lowest BCUT2D eigenvalue weighted by molar-refractivity contribution is 0.0702. The van der Waals surface area contributed by atoms with Gasteiger partial charge in [0.2, 0.25) is 10.0 Å². The summed E-state index contributed by atoms with van der Waals surface area (Å²) in [7, 11) is -3.89. The van der Waals surface area contributed by atoms with Crippen LogP contribution in [0.5, 0.6) is 0 Å². The minimum Gasteiger partial charge on any atom is -0.335 e. The Hall–Kier alpha value is -1.11. The molecule has 2 atom stereocenters. The summed E-state index contributed by atoms with van der Waals surface area (Å²) in [5.41, 5.74) is 0.927. The van der Waals surface area contributed by atoms with Gasteiger partial charge in [0, 0.05) is 23.2 Å². The van der Waals surface area contributed by atoms with Gasteiger partial charge in [0.05, 0.1) is 4.90 Å². The van der Waals surface area contributed by atoms with Crippen LogP contribution in [0.3, 0.4) is 0 Å². The van der Waals surface area contributed by atoms with E-state index in [1.807, 2.05) is 4.90 Å². The molecule has 1 aromatic rings. The third kappa shape index (κ3) is 2.56. The van der Waals surface area contributed by atoms with Crippen molar-refractivity contribution in [3.8, 4) is 0 Å². The minimum atomic E-state index is -3.89. The number of nitrogens with two attached hydrogens (primary N) is 1. The van der Waals surface area contributed by atoms with Crippen LogP contribution in [0.2, 0.25) is 5.02 Å². The maximum absolute atomic E-state index is 12.7. The SMILES string of the molecule is Cc1c(Cl)cc(S(N)(=O)=O)cc1C(=O)N1CC2CCC1C2. The molecule has 1 amide bonds. The van der Waals surface area contributed by atoms with E-state index in [0.717, 1.165) is 19.4 Å². The van der Waals surface area contributed by atoms with E-state index >= 15 is 0 Å². The molecule has 1 saturated heterocycles. The van der Waals surface area contributed by atoms with Crippen LogP contribution in [0.1, 0.15) is 35.2 Å². The topological polar surface area (TPSA) is 80.5 Å². The second-order valence-corrected chi connectivity index (χ2v) is 7.88. The largest absolute Gasteiger partial charge is 0.335 e. The lowest BCUT2D eigenvalue weighted by Gasteiger charge is -2.28. The van der Waals surface area contributed by atoms with Gasteiger partial charge in [-0.1, -0.05) is 11.6 Å². The van der Waals surface area contributed by atoms with Crippen LogP contribution in [0, 0.1) is 12.8 Å². The molecule has 1 aliphatic heterocycles. The van der Waals surface area contributed by atoms with E-state index < -0.39 is 10.0 Å². The number of sulfonamides is 1. The molecule has 0 radical (unpaired) electrons. The molecule has 5 nitrogen and oxygen atoms in total. The van der Waals surface area contributed by atoms with Crippen molar-refractivity contribution in [1.82, 2.24) is 4.90 Å². The van der Waals surface area contributed by atoms with Crippen molar-refractivity contribution in [2.24, 2.45) is 11.1 Å². The third-order valence-corrected chi connectivity index (χ3v) is 5.83. The van der Waals surface area contributed by atoms with Crippen molar-refractivity contribution < 1.29 is 13.2 Å². The average molecular weight is 329 g/mol. The summed E-state index contributed by atoms with van der Waals surface area (Å²) in [5, 5.41) is 5.39. The summed E-state index contributed by atoms with van der Waals surface area (Å²) in [6.07, 6.45) is 3.25. The molecule has 2 N–H and O–H groups in total. The Kier molecular flexibility index (Phi) is 3.50. The Morgan fingerprint density at radius 1 is 1.38 bits per heavy atom. The predicted octanol–water partition coefficient (Wildman–Crippen LogP) is 1.92. The highest BCUT2D eigenvalue weighted by Gasteiger charge is 2.40. The molecule has 7 heteroatoms. The van der Waals surface area contributed by atoms with Gasteiger partial charge >= 0.3 is 0 Å². The number of piperidine rings is 1. The first-order chi connectivity index (χ1) is 9.77. The summed E-state index contributed by atoms with van der Waals surface area (Å²) in [4.78, 5) is 14.4. The van der Waals surface area contributed by atoms with Gasteiger partial charge < -0.3 is 4.90 Å². The van der Waals surface area contributed by atoms with Gasteiger partial charge in [-0.15, -0.1) is 0 Å². The van der Waals surface area contributed by atoms with E-state index in [1.165, 1.54) is 18.6 Å². The molecule has 3 rings (SSSR count). The predicted molar refractivity (Wildman–Crippen MR) is 79.7 cm³/mol. The first-order valence-corrected chi connectivity index (χ1v) is 8.83. The maximum atomic E-state index is 12.7. The zero-order valence-electron chi connectivity index (χ0n) is 11.7. The molecule has 21 heavy (non-hydrogen) atoms. The van der Waals surface area contributed by atoms with E-state index in [0.29, 0.717) is 17.0 Å². The highest BCUT2D eigenvalue weighted by molar-refractivity contribution is 7.89. The lowest BCUT2D eigenvalue weighted by atomic mass is 10.1. The van der Waals surface area contributed by atoms with Crippen LogP contribution < -0.4 is 5.14 Å². The number of amides is 1. The van der Waals surface area contributed by atoms with E-state index in [2.05, 4.69) is 0 Å². The van der Waals surface area contributed by atoms with E-state index in [-0.39, 0.29) is 21.9 Å². The molecule has 1 aromatic carbocycles. The smallest absolute Gasteiger partial charge is 0.254 e. The van der Waals surface area contributed by atoms with Crippen molar-refractivity contribution in [3.05, 3.63) is 28.3 Å². The number of hydrogen-bond acceptors (Lipinski definition) is 3. The van der Waals surface area contributed by atoms with Crippen molar-refractivity contribution in [1.29, 1.82) is 0 Å². The Labute approximate surface area is 129 Å². The van der Waals surface area contributed by atoms with Crippen LogP contribution in [0.15, 0.2) is 17.0 Å². The van der Waals surface area contributed by atoms with Crippen molar-refractivity contribution in [3.63, 3.8) is 0 Å². The quantitative estimate of drug-likeness (QED) is 0.900. The van der Waals surface area contributed by atoms with Gasteiger partial charge in [0.25, 0.3) is 5.91 Å². The second kappa shape index (κ2) is 4.97. The first kappa shape index (κ1) is 14.8. The van der Waals surface area contributed by atoms with Gasteiger partial charge in [-0.2, -0.15) is 0 Å². The number of hydrogen-bond donors (Lipinski definition) is 1. The van der Waals surface area contributed by atoms with Gasteiger partial charge in [-0.3, -0.25) is 4.79 Å². The number of nitrogens with zero attached hydrogens (tertiary/aromatic N) is 1. The molecule has 1 aliphatic carbocycles. The Bertz CT molecular complexity index is 717. The molecule has 1 saturated carbocycles. The van der Waals surface area contributed by atoms with Gasteiger partial charge in [-0.05, 0) is 49.8 Å². The number of benzene rings is 1. The number of rotatable bonds is 2. The molecule has 2 fully saturated rings. The number of likely N-dealkylation sites (tertiary alicyclic amines) is 1. The fourth-order valence-corrected chi connectivity index (χ4v) is 4.22. The second-order valence-electron chi connectivity index (χ2n) is 5.91. The van der Waals surface area contributed by atoms with Crippen LogP contribution in [-0.2, 0) is 10.0 Å². The van der Waals surface area contributed by atoms with Gasteiger partial charge in [-0.25, -0.2) is 13.6 Å². The van der Waals surface area contributed by atoms with Crippen molar-refractivity contribution in [2.45, 2.75) is 37.1 Å². The summed E-state index contributed by atoms with van der Waals surface area (Å²) in [6.45, 7) is 2.47. The van der Waals surface area contributed by atoms with E-state index in [9.17, 15) is 13.2 Å². The number of fused-ring (bicyclic) bond motifs is 2. The van der Waals surface area contributed by atoms with E-state index in [4.69, 9.17) is 16.7 Å². The van der Waals surface area contributed by atoms with Crippen LogP contribution in [-0.4, -0.2) is 31.8 Å². The minimum absolute atomic E-state index is 0.120. The first-order valence-electron chi connectivity index (χ1n) is 6.91. The van der Waals surface area contributed by atoms with Crippen molar-refractivity contribution in [2.75, 3.05) is 6.54 Å². The third-order valence-electron chi connectivity index (χ3n) is 4.55. The summed E-state index contributed by atoms with van der Waals surface area (Å²) in [5.74, 6) is 0.434. The summed E-state index contributed by atoms with van der Waals surface area (Å²) in [6, 6.07) is 2.91. The number of carbonyl (C=O) groups is 1. The fourth-order valence-electron chi connectivity index (χ4n) is 3.37. The molecule has 2 aliphatic rings. The van der Waals surface area contributed by atoms with E-state index in [1.54, 1.807) is 6.92 Å². The standard InChI is InChI=1S/C14H17ClN2O3S/c1-8-12(5-11(6-13(8)15)21(16,19)20)14(18)17-7-9-2-3-10(17)4-9/h5-6,9-10H,2-4,7H2,1H3,(H2,16,19,20). The summed E-state index contributed by atoms with van der Waals surface area (Å²) < 4.78 is 23.0. The van der Waals surface area contributed by atoms with Crippen LogP contribution in [0.25, 0.3) is 0 Å². The summed E-state index contributed by atoms with van der Waals surface area (Å²) >= 11 is 6.06. The highest BCUT2D eigenvalue weighted by atomic mass is 35.5. The normalized spacial score (nSPS) is 24.6. The molecule has 2 unspecified atom stereocenters.